The maximum Gasteiger partial charge on any atom is 0.180 e. The molecule has 2 heterocycles. The number of nitrogens with zero attached hydrogens (tertiary/aromatic N) is 4. The monoisotopic (exact) mass is 247 g/mol. The molecule has 98 valence electrons. The van der Waals surface area contributed by atoms with Crippen LogP contribution >= 0.6 is 0 Å². The van der Waals surface area contributed by atoms with Crippen molar-refractivity contribution in [2.75, 3.05) is 24.3 Å². The third-order valence-corrected chi connectivity index (χ3v) is 3.52. The first-order valence-corrected chi connectivity index (χ1v) is 6.29. The van der Waals surface area contributed by atoms with E-state index in [2.05, 4.69) is 48.0 Å². The molecule has 2 aromatic rings. The van der Waals surface area contributed by atoms with E-state index in [-0.39, 0.29) is 0 Å². The Bertz CT molecular complexity index is 531. The average molecular weight is 247 g/mol. The zero-order chi connectivity index (χ0) is 13.3. The molecule has 1 N–H and O–H groups in total. The van der Waals surface area contributed by atoms with Crippen LogP contribution in [-0.4, -0.2) is 34.5 Å². The van der Waals surface area contributed by atoms with Crippen molar-refractivity contribution in [3.8, 4) is 0 Å². The van der Waals surface area contributed by atoms with Gasteiger partial charge in [-0.2, -0.15) is 0 Å². The Kier molecular flexibility index (Phi) is 3.41. The standard InChI is InChI=1S/C13H21N5/c1-9(2)10(3)17(5)13-12-15-6-7-18(12)8-11(14-4)16-13/h6-10,14H,1-5H3. The van der Waals surface area contributed by atoms with Crippen molar-refractivity contribution in [3.63, 3.8) is 0 Å². The van der Waals surface area contributed by atoms with Crippen molar-refractivity contribution in [1.29, 1.82) is 0 Å². The molecule has 18 heavy (non-hydrogen) atoms. The summed E-state index contributed by atoms with van der Waals surface area (Å²) in [5.41, 5.74) is 0.893. The number of rotatable bonds is 4. The Morgan fingerprint density at radius 2 is 2.06 bits per heavy atom. The Labute approximate surface area is 108 Å². The van der Waals surface area contributed by atoms with Crippen LogP contribution in [0.15, 0.2) is 18.6 Å². The molecular formula is C13H21N5. The molecule has 1 unspecified atom stereocenters. The molecule has 5 heteroatoms. The highest BCUT2D eigenvalue weighted by Crippen LogP contribution is 2.23. The number of fused-ring (bicyclic) bond motifs is 1. The normalized spacial score (nSPS) is 13.0. The van der Waals surface area contributed by atoms with Crippen molar-refractivity contribution < 1.29 is 0 Å². The minimum Gasteiger partial charge on any atom is -0.372 e. The van der Waals surface area contributed by atoms with Gasteiger partial charge < -0.3 is 14.6 Å². The highest BCUT2D eigenvalue weighted by atomic mass is 15.2. The van der Waals surface area contributed by atoms with E-state index in [0.29, 0.717) is 12.0 Å². The van der Waals surface area contributed by atoms with Crippen LogP contribution in [0.25, 0.3) is 5.65 Å². The first-order valence-electron chi connectivity index (χ1n) is 6.29. The molecule has 0 spiro atoms. The average Bonchev–Trinajstić information content (AvgIpc) is 2.83. The minimum atomic E-state index is 0.408. The van der Waals surface area contributed by atoms with Crippen LogP contribution < -0.4 is 10.2 Å². The summed E-state index contributed by atoms with van der Waals surface area (Å²) in [4.78, 5) is 11.2. The second-order valence-electron chi connectivity index (χ2n) is 4.95. The van der Waals surface area contributed by atoms with E-state index < -0.39 is 0 Å². The third-order valence-electron chi connectivity index (χ3n) is 3.52. The first kappa shape index (κ1) is 12.7. The zero-order valence-electron chi connectivity index (χ0n) is 11.7. The Morgan fingerprint density at radius 3 is 2.67 bits per heavy atom. The van der Waals surface area contributed by atoms with E-state index in [1.54, 1.807) is 6.20 Å². The number of anilines is 2. The van der Waals surface area contributed by atoms with Crippen LogP contribution in [0.3, 0.4) is 0 Å². The van der Waals surface area contributed by atoms with Crippen LogP contribution in [0.1, 0.15) is 20.8 Å². The predicted molar refractivity (Wildman–Crippen MR) is 75.2 cm³/mol. The van der Waals surface area contributed by atoms with Gasteiger partial charge in [0.1, 0.15) is 5.82 Å². The van der Waals surface area contributed by atoms with Gasteiger partial charge in [-0.3, -0.25) is 0 Å². The second-order valence-corrected chi connectivity index (χ2v) is 4.95. The summed E-state index contributed by atoms with van der Waals surface area (Å²) >= 11 is 0. The van der Waals surface area contributed by atoms with Gasteiger partial charge in [-0.15, -0.1) is 0 Å². The van der Waals surface area contributed by atoms with Crippen LogP contribution in [0.2, 0.25) is 0 Å². The highest BCUT2D eigenvalue weighted by Gasteiger charge is 2.18. The second kappa shape index (κ2) is 4.84. The lowest BCUT2D eigenvalue weighted by molar-refractivity contribution is 0.503. The quantitative estimate of drug-likeness (QED) is 0.900. The van der Waals surface area contributed by atoms with Crippen molar-refractivity contribution in [2.24, 2.45) is 5.92 Å². The van der Waals surface area contributed by atoms with Crippen molar-refractivity contribution >= 4 is 17.3 Å². The molecule has 0 saturated heterocycles. The van der Waals surface area contributed by atoms with E-state index in [9.17, 15) is 0 Å². The van der Waals surface area contributed by atoms with Crippen LogP contribution in [0.4, 0.5) is 11.6 Å². The van der Waals surface area contributed by atoms with Gasteiger partial charge in [0.15, 0.2) is 11.5 Å². The molecule has 0 radical (unpaired) electrons. The fourth-order valence-electron chi connectivity index (χ4n) is 1.91. The maximum atomic E-state index is 4.63. The van der Waals surface area contributed by atoms with Gasteiger partial charge in [0.25, 0.3) is 0 Å². The zero-order valence-corrected chi connectivity index (χ0v) is 11.7. The summed E-state index contributed by atoms with van der Waals surface area (Å²) in [6.45, 7) is 6.63. The fourth-order valence-corrected chi connectivity index (χ4v) is 1.91. The van der Waals surface area contributed by atoms with E-state index in [0.717, 1.165) is 17.3 Å². The molecular weight excluding hydrogens is 226 g/mol. The van der Waals surface area contributed by atoms with Crippen LogP contribution in [0.5, 0.6) is 0 Å². The molecule has 0 bridgehead atoms. The van der Waals surface area contributed by atoms with Crippen LogP contribution in [-0.2, 0) is 0 Å². The van der Waals surface area contributed by atoms with Gasteiger partial charge >= 0.3 is 0 Å². The molecule has 2 aromatic heterocycles. The van der Waals surface area contributed by atoms with Crippen molar-refractivity contribution in [1.82, 2.24) is 14.4 Å². The summed E-state index contributed by atoms with van der Waals surface area (Å²) in [5.74, 6) is 2.32. The number of nitrogens with one attached hydrogen (secondary N) is 1. The molecule has 5 nitrogen and oxygen atoms in total. The Balaban J connectivity index is 2.51. The summed E-state index contributed by atoms with van der Waals surface area (Å²) in [5, 5.41) is 3.09. The summed E-state index contributed by atoms with van der Waals surface area (Å²) < 4.78 is 2.00. The predicted octanol–water partition coefficient (Wildman–Crippen LogP) is 2.25. The van der Waals surface area contributed by atoms with Gasteiger partial charge in [0, 0.05) is 32.5 Å². The van der Waals surface area contributed by atoms with E-state index in [1.165, 1.54) is 0 Å². The molecule has 2 rings (SSSR count). The third kappa shape index (κ3) is 2.12. The molecule has 0 fully saturated rings. The lowest BCUT2D eigenvalue weighted by Gasteiger charge is -2.29. The Morgan fingerprint density at radius 1 is 1.33 bits per heavy atom. The topological polar surface area (TPSA) is 45.5 Å². The number of imidazole rings is 1. The van der Waals surface area contributed by atoms with Crippen molar-refractivity contribution in [3.05, 3.63) is 18.6 Å². The molecule has 0 aliphatic carbocycles. The molecule has 0 saturated carbocycles. The van der Waals surface area contributed by atoms with Gasteiger partial charge in [-0.25, -0.2) is 9.97 Å². The molecule has 0 aliphatic heterocycles. The van der Waals surface area contributed by atoms with E-state index in [1.807, 2.05) is 23.8 Å². The molecule has 0 aliphatic rings. The summed E-state index contributed by atoms with van der Waals surface area (Å²) in [6.07, 6.45) is 5.68. The summed E-state index contributed by atoms with van der Waals surface area (Å²) in [6, 6.07) is 0.408. The van der Waals surface area contributed by atoms with E-state index >= 15 is 0 Å². The summed E-state index contributed by atoms with van der Waals surface area (Å²) in [7, 11) is 3.95. The van der Waals surface area contributed by atoms with Gasteiger partial charge in [-0.05, 0) is 12.8 Å². The Hall–Kier alpha value is -1.78. The smallest absolute Gasteiger partial charge is 0.180 e. The largest absolute Gasteiger partial charge is 0.372 e. The number of aromatic nitrogens is 3. The SMILES string of the molecule is CNc1cn2ccnc2c(N(C)C(C)C(C)C)n1. The minimum absolute atomic E-state index is 0.408. The fraction of sp³-hybridized carbons (Fsp3) is 0.538. The molecule has 0 amide bonds. The lowest BCUT2D eigenvalue weighted by Crippen LogP contribution is -2.34. The highest BCUT2D eigenvalue weighted by molar-refractivity contribution is 5.66. The van der Waals surface area contributed by atoms with Gasteiger partial charge in [-0.1, -0.05) is 13.8 Å². The van der Waals surface area contributed by atoms with Crippen molar-refractivity contribution in [2.45, 2.75) is 26.8 Å². The first-order chi connectivity index (χ1) is 8.54. The lowest BCUT2D eigenvalue weighted by atomic mass is 10.1. The van der Waals surface area contributed by atoms with Gasteiger partial charge in [0.2, 0.25) is 0 Å². The molecule has 1 atom stereocenters. The number of hydrogen-bond acceptors (Lipinski definition) is 4. The molecule has 0 aromatic carbocycles. The van der Waals surface area contributed by atoms with Crippen LogP contribution in [0, 0.1) is 5.92 Å². The maximum absolute atomic E-state index is 4.63. The van der Waals surface area contributed by atoms with Gasteiger partial charge in [0.05, 0.1) is 6.20 Å². The van der Waals surface area contributed by atoms with E-state index in [4.69, 9.17) is 0 Å². The number of hydrogen-bond donors (Lipinski definition) is 1.